The Morgan fingerprint density at radius 3 is 3.00 bits per heavy atom. The van der Waals surface area contributed by atoms with E-state index in [1.807, 2.05) is 6.92 Å². The molecule has 1 saturated heterocycles. The first-order valence-electron chi connectivity index (χ1n) is 6.57. The number of aryl methyl sites for hydroxylation is 1. The molecule has 1 aliphatic heterocycles. The molecule has 0 aromatic carbocycles. The van der Waals surface area contributed by atoms with Crippen LogP contribution in [0.5, 0.6) is 0 Å². The Bertz CT molecular complexity index is 413. The summed E-state index contributed by atoms with van der Waals surface area (Å²) in [5, 5.41) is 4.09. The molecule has 1 aromatic heterocycles. The summed E-state index contributed by atoms with van der Waals surface area (Å²) in [6.07, 6.45) is 10.9. The summed E-state index contributed by atoms with van der Waals surface area (Å²) in [5.74, 6) is 1.55. The van der Waals surface area contributed by atoms with Crippen LogP contribution in [-0.2, 0) is 0 Å². The molecular weight excluding hydrogens is 214 g/mol. The summed E-state index contributed by atoms with van der Waals surface area (Å²) < 4.78 is 5.11. The number of allylic oxidation sites excluding steroid dienone is 1. The molecular formula is C13H19N3O. The van der Waals surface area contributed by atoms with Gasteiger partial charge in [-0.25, -0.2) is 0 Å². The average Bonchev–Trinajstić information content (AvgIpc) is 2.98. The first-order valence-corrected chi connectivity index (χ1v) is 6.57. The number of hydrogen-bond acceptors (Lipinski definition) is 4. The molecule has 1 aromatic rings. The van der Waals surface area contributed by atoms with Crippen molar-refractivity contribution in [1.82, 2.24) is 15.0 Å². The number of hydrogen-bond donors (Lipinski definition) is 0. The molecule has 17 heavy (non-hydrogen) atoms. The second-order valence-electron chi connectivity index (χ2n) is 4.99. The van der Waals surface area contributed by atoms with Crippen LogP contribution >= 0.6 is 0 Å². The van der Waals surface area contributed by atoms with E-state index in [9.17, 15) is 0 Å². The van der Waals surface area contributed by atoms with Crippen LogP contribution in [0.3, 0.4) is 0 Å². The molecule has 2 unspecified atom stereocenters. The van der Waals surface area contributed by atoms with Crippen LogP contribution in [-0.4, -0.2) is 27.6 Å². The molecule has 1 fully saturated rings. The highest BCUT2D eigenvalue weighted by Gasteiger charge is 2.33. The lowest BCUT2D eigenvalue weighted by atomic mass is 10.0. The van der Waals surface area contributed by atoms with Crippen molar-refractivity contribution in [2.45, 2.75) is 51.1 Å². The van der Waals surface area contributed by atoms with Crippen LogP contribution in [0.4, 0.5) is 0 Å². The maximum Gasteiger partial charge on any atom is 0.223 e. The second-order valence-corrected chi connectivity index (χ2v) is 4.99. The highest BCUT2D eigenvalue weighted by atomic mass is 16.5. The summed E-state index contributed by atoms with van der Waals surface area (Å²) in [4.78, 5) is 6.94. The molecule has 2 aliphatic rings. The molecule has 92 valence electrons. The predicted molar refractivity (Wildman–Crippen MR) is 64.5 cm³/mol. The Morgan fingerprint density at radius 1 is 1.35 bits per heavy atom. The third kappa shape index (κ3) is 2.14. The Morgan fingerprint density at radius 2 is 2.29 bits per heavy atom. The zero-order chi connectivity index (χ0) is 11.7. The van der Waals surface area contributed by atoms with E-state index in [-0.39, 0.29) is 0 Å². The van der Waals surface area contributed by atoms with Gasteiger partial charge in [0.25, 0.3) is 0 Å². The van der Waals surface area contributed by atoms with Gasteiger partial charge in [0.1, 0.15) is 0 Å². The minimum atomic E-state index is 0.361. The van der Waals surface area contributed by atoms with Gasteiger partial charge in [-0.2, -0.15) is 4.98 Å². The zero-order valence-corrected chi connectivity index (χ0v) is 10.3. The third-order valence-electron chi connectivity index (χ3n) is 3.79. The smallest absolute Gasteiger partial charge is 0.223 e. The molecule has 4 heteroatoms. The summed E-state index contributed by atoms with van der Waals surface area (Å²) >= 11 is 0. The number of likely N-dealkylation sites (tertiary alicyclic amines) is 1. The summed E-state index contributed by atoms with van der Waals surface area (Å²) in [6, 6.07) is 0.940. The lowest BCUT2D eigenvalue weighted by molar-refractivity contribution is 0.188. The lowest BCUT2D eigenvalue weighted by Gasteiger charge is -2.31. The van der Waals surface area contributed by atoms with E-state index >= 15 is 0 Å². The van der Waals surface area contributed by atoms with Gasteiger partial charge in [-0.1, -0.05) is 17.3 Å². The van der Waals surface area contributed by atoms with Crippen LogP contribution < -0.4 is 0 Å². The predicted octanol–water partition coefficient (Wildman–Crippen LogP) is 2.62. The van der Waals surface area contributed by atoms with Crippen molar-refractivity contribution >= 4 is 0 Å². The molecule has 0 N–H and O–H groups in total. The van der Waals surface area contributed by atoms with Crippen molar-refractivity contribution in [2.24, 2.45) is 0 Å². The Labute approximate surface area is 102 Å². The van der Waals surface area contributed by atoms with Crippen LogP contribution in [0.1, 0.15) is 49.9 Å². The minimum Gasteiger partial charge on any atom is -0.340 e. The van der Waals surface area contributed by atoms with Crippen LogP contribution in [0.25, 0.3) is 0 Å². The Hall–Kier alpha value is -1.16. The SMILES string of the molecule is Cc1nc(C2CCCN2C2C=CCCC2)no1. The first kappa shape index (κ1) is 11.0. The lowest BCUT2D eigenvalue weighted by Crippen LogP contribution is -2.34. The summed E-state index contributed by atoms with van der Waals surface area (Å²) in [6.45, 7) is 3.02. The van der Waals surface area contributed by atoms with Gasteiger partial charge in [0.2, 0.25) is 5.89 Å². The standard InChI is InChI=1S/C13H19N3O/c1-10-14-13(15-17-10)12-8-5-9-16(12)11-6-3-2-4-7-11/h3,6,11-12H,2,4-5,7-9H2,1H3. The van der Waals surface area contributed by atoms with E-state index in [1.165, 1.54) is 25.7 Å². The largest absolute Gasteiger partial charge is 0.340 e. The zero-order valence-electron chi connectivity index (χ0n) is 10.3. The van der Waals surface area contributed by atoms with Gasteiger partial charge in [0.15, 0.2) is 5.82 Å². The highest BCUT2D eigenvalue weighted by molar-refractivity contribution is 5.05. The van der Waals surface area contributed by atoms with E-state index in [4.69, 9.17) is 4.52 Å². The van der Waals surface area contributed by atoms with Crippen molar-refractivity contribution in [2.75, 3.05) is 6.54 Å². The van der Waals surface area contributed by atoms with E-state index in [1.54, 1.807) is 0 Å². The maximum atomic E-state index is 5.11. The minimum absolute atomic E-state index is 0.361. The molecule has 2 heterocycles. The molecule has 4 nitrogen and oxygen atoms in total. The van der Waals surface area contributed by atoms with Crippen LogP contribution in [0, 0.1) is 6.92 Å². The summed E-state index contributed by atoms with van der Waals surface area (Å²) in [7, 11) is 0. The number of nitrogens with zero attached hydrogens (tertiary/aromatic N) is 3. The number of rotatable bonds is 2. The average molecular weight is 233 g/mol. The van der Waals surface area contributed by atoms with E-state index in [0.29, 0.717) is 18.0 Å². The van der Waals surface area contributed by atoms with Crippen LogP contribution in [0.2, 0.25) is 0 Å². The molecule has 0 amide bonds. The molecule has 0 radical (unpaired) electrons. The Kier molecular flexibility index (Phi) is 2.97. The molecule has 2 atom stereocenters. The topological polar surface area (TPSA) is 42.2 Å². The van der Waals surface area contributed by atoms with Gasteiger partial charge >= 0.3 is 0 Å². The fraction of sp³-hybridized carbons (Fsp3) is 0.692. The molecule has 0 saturated carbocycles. The van der Waals surface area contributed by atoms with Crippen molar-refractivity contribution in [3.8, 4) is 0 Å². The summed E-state index contributed by atoms with van der Waals surface area (Å²) in [5.41, 5.74) is 0. The fourth-order valence-electron chi connectivity index (χ4n) is 2.98. The molecule has 1 aliphatic carbocycles. The molecule has 3 rings (SSSR count). The van der Waals surface area contributed by atoms with Gasteiger partial charge in [0, 0.05) is 13.0 Å². The molecule has 0 bridgehead atoms. The van der Waals surface area contributed by atoms with Crippen LogP contribution in [0.15, 0.2) is 16.7 Å². The first-order chi connectivity index (χ1) is 8.34. The third-order valence-corrected chi connectivity index (χ3v) is 3.79. The van der Waals surface area contributed by atoms with Crippen molar-refractivity contribution in [3.63, 3.8) is 0 Å². The van der Waals surface area contributed by atoms with Crippen molar-refractivity contribution in [3.05, 3.63) is 23.9 Å². The van der Waals surface area contributed by atoms with Gasteiger partial charge in [0.05, 0.1) is 6.04 Å². The van der Waals surface area contributed by atoms with Gasteiger partial charge in [-0.15, -0.1) is 0 Å². The quantitative estimate of drug-likeness (QED) is 0.736. The Balaban J connectivity index is 1.79. The molecule has 0 spiro atoms. The van der Waals surface area contributed by atoms with Gasteiger partial charge in [-0.05, 0) is 38.6 Å². The van der Waals surface area contributed by atoms with E-state index in [2.05, 4.69) is 27.2 Å². The van der Waals surface area contributed by atoms with Crippen molar-refractivity contribution < 1.29 is 4.52 Å². The highest BCUT2D eigenvalue weighted by Crippen LogP contribution is 2.34. The van der Waals surface area contributed by atoms with E-state index < -0.39 is 0 Å². The van der Waals surface area contributed by atoms with Crippen molar-refractivity contribution in [1.29, 1.82) is 0 Å². The number of aromatic nitrogens is 2. The van der Waals surface area contributed by atoms with Gasteiger partial charge < -0.3 is 4.52 Å². The monoisotopic (exact) mass is 233 g/mol. The van der Waals surface area contributed by atoms with Gasteiger partial charge in [-0.3, -0.25) is 4.90 Å². The maximum absolute atomic E-state index is 5.11. The van der Waals surface area contributed by atoms with E-state index in [0.717, 1.165) is 18.8 Å². The second kappa shape index (κ2) is 4.61. The fourth-order valence-corrected chi connectivity index (χ4v) is 2.98. The normalized spacial score (nSPS) is 29.9.